The molecule has 2 heteroatoms. The third-order valence-corrected chi connectivity index (χ3v) is 3.27. The fourth-order valence-corrected chi connectivity index (χ4v) is 2.16. The Hall–Kier alpha value is -0.860. The summed E-state index contributed by atoms with van der Waals surface area (Å²) in [5.41, 5.74) is 4.16. The molecular formula is C14H21NO. The van der Waals surface area contributed by atoms with E-state index in [0.717, 1.165) is 19.8 Å². The zero-order valence-corrected chi connectivity index (χ0v) is 10.4. The first kappa shape index (κ1) is 11.6. The van der Waals surface area contributed by atoms with Crippen LogP contribution in [-0.4, -0.2) is 19.8 Å². The highest BCUT2D eigenvalue weighted by atomic mass is 16.5. The van der Waals surface area contributed by atoms with E-state index in [1.165, 1.54) is 16.7 Å². The molecule has 0 bridgehead atoms. The number of rotatable bonds is 2. The third-order valence-electron chi connectivity index (χ3n) is 3.27. The molecule has 2 nitrogen and oxygen atoms in total. The monoisotopic (exact) mass is 219 g/mol. The molecule has 1 N–H and O–H groups in total. The lowest BCUT2D eigenvalue weighted by Crippen LogP contribution is -2.35. The lowest BCUT2D eigenvalue weighted by molar-refractivity contribution is 0.0766. The van der Waals surface area contributed by atoms with E-state index in [2.05, 4.69) is 44.3 Å². The van der Waals surface area contributed by atoms with Gasteiger partial charge < -0.3 is 10.1 Å². The zero-order valence-electron chi connectivity index (χ0n) is 10.4. The number of morpholine rings is 1. The summed E-state index contributed by atoms with van der Waals surface area (Å²) in [6.07, 6.45) is 0. The van der Waals surface area contributed by atoms with Gasteiger partial charge in [-0.15, -0.1) is 0 Å². The first-order valence-corrected chi connectivity index (χ1v) is 6.10. The van der Waals surface area contributed by atoms with E-state index in [0.29, 0.717) is 12.0 Å². The molecule has 1 heterocycles. The molecule has 16 heavy (non-hydrogen) atoms. The maximum Gasteiger partial charge on any atom is 0.0662 e. The normalized spacial score (nSPS) is 21.4. The zero-order chi connectivity index (χ0) is 11.5. The molecule has 88 valence electrons. The summed E-state index contributed by atoms with van der Waals surface area (Å²) in [5.74, 6) is 0.587. The van der Waals surface area contributed by atoms with Gasteiger partial charge in [0.1, 0.15) is 0 Å². The van der Waals surface area contributed by atoms with Gasteiger partial charge in [0.05, 0.1) is 19.3 Å². The molecule has 2 rings (SSSR count). The van der Waals surface area contributed by atoms with Crippen molar-refractivity contribution in [3.05, 3.63) is 34.9 Å². The van der Waals surface area contributed by atoms with Gasteiger partial charge in [0.25, 0.3) is 0 Å². The SMILES string of the molecule is Cc1ccc(C(C)C)cc1[C@H]1COCCN1. The number of hydrogen-bond donors (Lipinski definition) is 1. The predicted octanol–water partition coefficient (Wildman–Crippen LogP) is 2.78. The van der Waals surface area contributed by atoms with Gasteiger partial charge >= 0.3 is 0 Å². The molecule has 1 aromatic rings. The standard InChI is InChI=1S/C14H21NO/c1-10(2)12-5-4-11(3)13(8-12)14-9-16-7-6-15-14/h4-5,8,10,14-15H,6-7,9H2,1-3H3/t14-/m1/s1. The molecule has 0 spiro atoms. The van der Waals surface area contributed by atoms with Crippen molar-refractivity contribution in [2.24, 2.45) is 0 Å². The first-order valence-electron chi connectivity index (χ1n) is 6.10. The Kier molecular flexibility index (Phi) is 3.62. The van der Waals surface area contributed by atoms with Crippen molar-refractivity contribution in [3.8, 4) is 0 Å². The van der Waals surface area contributed by atoms with E-state index in [9.17, 15) is 0 Å². The van der Waals surface area contributed by atoms with Gasteiger partial charge in [0.15, 0.2) is 0 Å². The highest BCUT2D eigenvalue weighted by molar-refractivity contribution is 5.35. The number of nitrogens with one attached hydrogen (secondary N) is 1. The quantitative estimate of drug-likeness (QED) is 0.826. The Morgan fingerprint density at radius 1 is 1.38 bits per heavy atom. The number of hydrogen-bond acceptors (Lipinski definition) is 2. The molecule has 1 atom stereocenters. The van der Waals surface area contributed by atoms with Gasteiger partial charge in [-0.3, -0.25) is 0 Å². The Labute approximate surface area is 98.0 Å². The number of benzene rings is 1. The Morgan fingerprint density at radius 3 is 2.81 bits per heavy atom. The molecule has 0 amide bonds. The highest BCUT2D eigenvalue weighted by Gasteiger charge is 2.17. The van der Waals surface area contributed by atoms with Gasteiger partial charge in [0, 0.05) is 6.54 Å². The summed E-state index contributed by atoms with van der Waals surface area (Å²) in [6, 6.07) is 7.15. The largest absolute Gasteiger partial charge is 0.378 e. The van der Waals surface area contributed by atoms with Crippen LogP contribution < -0.4 is 5.32 Å². The van der Waals surface area contributed by atoms with Crippen LogP contribution in [-0.2, 0) is 4.74 Å². The van der Waals surface area contributed by atoms with Crippen LogP contribution >= 0.6 is 0 Å². The second-order valence-electron chi connectivity index (χ2n) is 4.85. The minimum Gasteiger partial charge on any atom is -0.378 e. The van der Waals surface area contributed by atoms with Crippen molar-refractivity contribution < 1.29 is 4.74 Å². The summed E-state index contributed by atoms with van der Waals surface area (Å²) < 4.78 is 5.53. The second kappa shape index (κ2) is 4.98. The molecule has 1 fully saturated rings. The summed E-state index contributed by atoms with van der Waals surface area (Å²) in [5, 5.41) is 3.52. The van der Waals surface area contributed by atoms with Crippen molar-refractivity contribution in [3.63, 3.8) is 0 Å². The van der Waals surface area contributed by atoms with E-state index in [1.807, 2.05) is 0 Å². The van der Waals surface area contributed by atoms with E-state index >= 15 is 0 Å². The number of aryl methyl sites for hydroxylation is 1. The predicted molar refractivity (Wildman–Crippen MR) is 66.8 cm³/mol. The average Bonchev–Trinajstić information content (AvgIpc) is 2.30. The maximum atomic E-state index is 5.53. The van der Waals surface area contributed by atoms with Crippen LogP contribution in [0.25, 0.3) is 0 Å². The van der Waals surface area contributed by atoms with E-state index in [-0.39, 0.29) is 0 Å². The molecular weight excluding hydrogens is 198 g/mol. The van der Waals surface area contributed by atoms with Crippen molar-refractivity contribution in [1.82, 2.24) is 5.32 Å². The summed E-state index contributed by atoms with van der Waals surface area (Å²) >= 11 is 0. The molecule has 1 aromatic carbocycles. The summed E-state index contributed by atoms with van der Waals surface area (Å²) in [4.78, 5) is 0. The fourth-order valence-electron chi connectivity index (χ4n) is 2.16. The van der Waals surface area contributed by atoms with Crippen LogP contribution in [0.4, 0.5) is 0 Å². The van der Waals surface area contributed by atoms with E-state index in [4.69, 9.17) is 4.74 Å². The fraction of sp³-hybridized carbons (Fsp3) is 0.571. The molecule has 1 aliphatic rings. The molecule has 0 saturated carbocycles. The minimum absolute atomic E-state index is 0.368. The van der Waals surface area contributed by atoms with Crippen LogP contribution in [0.15, 0.2) is 18.2 Å². The van der Waals surface area contributed by atoms with Crippen LogP contribution in [0.5, 0.6) is 0 Å². The van der Waals surface area contributed by atoms with Crippen molar-refractivity contribution in [1.29, 1.82) is 0 Å². The van der Waals surface area contributed by atoms with E-state index < -0.39 is 0 Å². The van der Waals surface area contributed by atoms with Crippen molar-refractivity contribution in [2.75, 3.05) is 19.8 Å². The smallest absolute Gasteiger partial charge is 0.0662 e. The molecule has 0 unspecified atom stereocenters. The van der Waals surface area contributed by atoms with Crippen molar-refractivity contribution >= 4 is 0 Å². The highest BCUT2D eigenvalue weighted by Crippen LogP contribution is 2.24. The van der Waals surface area contributed by atoms with E-state index in [1.54, 1.807) is 0 Å². The Bertz CT molecular complexity index is 354. The van der Waals surface area contributed by atoms with Gasteiger partial charge in [0.2, 0.25) is 0 Å². The van der Waals surface area contributed by atoms with Crippen LogP contribution in [0.1, 0.15) is 42.5 Å². The van der Waals surface area contributed by atoms with Crippen LogP contribution in [0, 0.1) is 6.92 Å². The minimum atomic E-state index is 0.368. The third kappa shape index (κ3) is 2.45. The lowest BCUT2D eigenvalue weighted by atomic mass is 9.94. The second-order valence-corrected chi connectivity index (χ2v) is 4.85. The van der Waals surface area contributed by atoms with Crippen LogP contribution in [0.2, 0.25) is 0 Å². The molecule has 1 aliphatic heterocycles. The molecule has 0 radical (unpaired) electrons. The topological polar surface area (TPSA) is 21.3 Å². The Morgan fingerprint density at radius 2 is 2.19 bits per heavy atom. The van der Waals surface area contributed by atoms with Gasteiger partial charge in [-0.25, -0.2) is 0 Å². The van der Waals surface area contributed by atoms with Gasteiger partial charge in [-0.1, -0.05) is 32.0 Å². The Balaban J connectivity index is 2.27. The first-order chi connectivity index (χ1) is 7.68. The average molecular weight is 219 g/mol. The van der Waals surface area contributed by atoms with Gasteiger partial charge in [-0.2, -0.15) is 0 Å². The summed E-state index contributed by atoms with van der Waals surface area (Å²) in [6.45, 7) is 9.23. The molecule has 0 aliphatic carbocycles. The maximum absolute atomic E-state index is 5.53. The molecule has 1 saturated heterocycles. The van der Waals surface area contributed by atoms with Gasteiger partial charge in [-0.05, 0) is 29.5 Å². The summed E-state index contributed by atoms with van der Waals surface area (Å²) in [7, 11) is 0. The lowest BCUT2D eigenvalue weighted by Gasteiger charge is -2.26. The van der Waals surface area contributed by atoms with Crippen LogP contribution in [0.3, 0.4) is 0 Å². The van der Waals surface area contributed by atoms with Crippen molar-refractivity contribution in [2.45, 2.75) is 32.7 Å². The molecule has 0 aromatic heterocycles. The number of ether oxygens (including phenoxy) is 1.